The lowest BCUT2D eigenvalue weighted by Crippen LogP contribution is -2.49. The highest BCUT2D eigenvalue weighted by molar-refractivity contribution is 14.0. The molecule has 0 aliphatic carbocycles. The standard InChI is InChI=1S/C20H29F3N4O.HI/c1-15(2)14-27-11-8-16(9-12-27)26-19(24-3)25-10-13-28-18-7-5-4-6-17(18)20(21,22)23;/h4-7,16H,1,8-14H2,2-3H3,(H2,24,25,26);1H. The Morgan fingerprint density at radius 3 is 2.52 bits per heavy atom. The molecule has 164 valence electrons. The fourth-order valence-corrected chi connectivity index (χ4v) is 3.16. The van der Waals surface area contributed by atoms with Crippen molar-refractivity contribution in [3.63, 3.8) is 0 Å². The maximum atomic E-state index is 13.0. The highest BCUT2D eigenvalue weighted by atomic mass is 127. The van der Waals surface area contributed by atoms with Gasteiger partial charge in [-0.3, -0.25) is 9.89 Å². The Balaban J connectivity index is 0.00000420. The van der Waals surface area contributed by atoms with Crippen molar-refractivity contribution in [2.24, 2.45) is 4.99 Å². The fraction of sp³-hybridized carbons (Fsp3) is 0.550. The molecule has 1 heterocycles. The molecule has 0 atom stereocenters. The largest absolute Gasteiger partial charge is 0.491 e. The summed E-state index contributed by atoms with van der Waals surface area (Å²) in [4.78, 5) is 6.56. The number of nitrogens with one attached hydrogen (secondary N) is 2. The Labute approximate surface area is 187 Å². The number of aliphatic imine (C=N–C) groups is 1. The molecule has 9 heteroatoms. The van der Waals surface area contributed by atoms with Crippen LogP contribution in [0.4, 0.5) is 13.2 Å². The van der Waals surface area contributed by atoms with Crippen molar-refractivity contribution in [2.75, 3.05) is 39.8 Å². The smallest absolute Gasteiger partial charge is 0.419 e. The van der Waals surface area contributed by atoms with Gasteiger partial charge in [0.1, 0.15) is 12.4 Å². The predicted molar refractivity (Wildman–Crippen MR) is 121 cm³/mol. The van der Waals surface area contributed by atoms with Gasteiger partial charge in [-0.25, -0.2) is 0 Å². The average Bonchev–Trinajstić information content (AvgIpc) is 2.64. The number of hydrogen-bond acceptors (Lipinski definition) is 3. The number of halogens is 4. The Kier molecular flexibility index (Phi) is 10.8. The van der Waals surface area contributed by atoms with E-state index in [1.807, 2.05) is 6.92 Å². The first-order chi connectivity index (χ1) is 13.3. The number of hydrogen-bond donors (Lipinski definition) is 2. The number of piperidine rings is 1. The molecule has 0 bridgehead atoms. The number of ether oxygens (including phenoxy) is 1. The predicted octanol–water partition coefficient (Wildman–Crippen LogP) is 3.91. The molecule has 0 spiro atoms. The average molecular weight is 526 g/mol. The maximum Gasteiger partial charge on any atom is 0.419 e. The first-order valence-corrected chi connectivity index (χ1v) is 9.42. The number of alkyl halides is 3. The van der Waals surface area contributed by atoms with E-state index in [9.17, 15) is 13.2 Å². The van der Waals surface area contributed by atoms with E-state index in [4.69, 9.17) is 4.74 Å². The molecule has 0 aromatic heterocycles. The molecule has 0 amide bonds. The van der Waals surface area contributed by atoms with Gasteiger partial charge in [-0.05, 0) is 31.9 Å². The number of likely N-dealkylation sites (tertiary alicyclic amines) is 1. The number of benzene rings is 1. The molecule has 2 rings (SSSR count). The Bertz CT molecular complexity index is 674. The zero-order valence-electron chi connectivity index (χ0n) is 16.9. The molecule has 5 nitrogen and oxygen atoms in total. The zero-order chi connectivity index (χ0) is 20.6. The van der Waals surface area contributed by atoms with Crippen LogP contribution >= 0.6 is 24.0 Å². The van der Waals surface area contributed by atoms with Crippen LogP contribution < -0.4 is 15.4 Å². The quantitative estimate of drug-likeness (QED) is 0.186. The van der Waals surface area contributed by atoms with Crippen LogP contribution in [-0.4, -0.2) is 56.7 Å². The monoisotopic (exact) mass is 526 g/mol. The van der Waals surface area contributed by atoms with Crippen LogP contribution in [0.5, 0.6) is 5.75 Å². The minimum Gasteiger partial charge on any atom is -0.491 e. The van der Waals surface area contributed by atoms with Crippen molar-refractivity contribution in [2.45, 2.75) is 32.0 Å². The van der Waals surface area contributed by atoms with Crippen molar-refractivity contribution in [1.29, 1.82) is 0 Å². The third-order valence-electron chi connectivity index (χ3n) is 4.49. The van der Waals surface area contributed by atoms with Gasteiger partial charge in [0.25, 0.3) is 0 Å². The van der Waals surface area contributed by atoms with E-state index in [0.29, 0.717) is 18.5 Å². The number of para-hydroxylation sites is 1. The van der Waals surface area contributed by atoms with Gasteiger partial charge >= 0.3 is 6.18 Å². The molecular weight excluding hydrogens is 496 g/mol. The van der Waals surface area contributed by atoms with Gasteiger partial charge in [0, 0.05) is 32.7 Å². The normalized spacial score (nSPS) is 16.1. The van der Waals surface area contributed by atoms with E-state index < -0.39 is 11.7 Å². The van der Waals surface area contributed by atoms with E-state index in [-0.39, 0.29) is 36.3 Å². The fourth-order valence-electron chi connectivity index (χ4n) is 3.16. The lowest BCUT2D eigenvalue weighted by atomic mass is 10.0. The third-order valence-corrected chi connectivity index (χ3v) is 4.49. The van der Waals surface area contributed by atoms with Gasteiger partial charge in [0.2, 0.25) is 0 Å². The molecule has 29 heavy (non-hydrogen) atoms. The van der Waals surface area contributed by atoms with Crippen molar-refractivity contribution in [3.8, 4) is 5.75 Å². The number of nitrogens with zero attached hydrogens (tertiary/aromatic N) is 2. The van der Waals surface area contributed by atoms with Crippen molar-refractivity contribution in [3.05, 3.63) is 42.0 Å². The van der Waals surface area contributed by atoms with Gasteiger partial charge in [-0.15, -0.1) is 24.0 Å². The topological polar surface area (TPSA) is 48.9 Å². The summed E-state index contributed by atoms with van der Waals surface area (Å²) in [6.45, 7) is 9.36. The van der Waals surface area contributed by atoms with Crippen LogP contribution in [0.1, 0.15) is 25.3 Å². The molecule has 1 saturated heterocycles. The zero-order valence-corrected chi connectivity index (χ0v) is 19.2. The molecule has 0 radical (unpaired) electrons. The number of guanidine groups is 1. The molecule has 1 aliphatic heterocycles. The van der Waals surface area contributed by atoms with Crippen LogP contribution in [0.2, 0.25) is 0 Å². The highest BCUT2D eigenvalue weighted by Crippen LogP contribution is 2.35. The summed E-state index contributed by atoms with van der Waals surface area (Å²) in [7, 11) is 1.67. The van der Waals surface area contributed by atoms with Crippen LogP contribution in [0.25, 0.3) is 0 Å². The Morgan fingerprint density at radius 1 is 1.28 bits per heavy atom. The lowest BCUT2D eigenvalue weighted by molar-refractivity contribution is -0.138. The summed E-state index contributed by atoms with van der Waals surface area (Å²) in [5, 5.41) is 6.46. The van der Waals surface area contributed by atoms with Crippen LogP contribution in [0.3, 0.4) is 0 Å². The van der Waals surface area contributed by atoms with Gasteiger partial charge in [-0.1, -0.05) is 24.3 Å². The van der Waals surface area contributed by atoms with Crippen LogP contribution in [0.15, 0.2) is 41.4 Å². The van der Waals surface area contributed by atoms with E-state index in [2.05, 4.69) is 27.1 Å². The summed E-state index contributed by atoms with van der Waals surface area (Å²) < 4.78 is 44.2. The van der Waals surface area contributed by atoms with Gasteiger partial charge in [0.05, 0.1) is 12.1 Å². The molecule has 0 unspecified atom stereocenters. The van der Waals surface area contributed by atoms with Crippen molar-refractivity contribution >= 4 is 29.9 Å². The molecule has 1 aromatic carbocycles. The minimum atomic E-state index is -4.43. The van der Waals surface area contributed by atoms with E-state index in [1.165, 1.54) is 18.2 Å². The third kappa shape index (κ3) is 8.81. The first-order valence-electron chi connectivity index (χ1n) is 9.42. The SMILES string of the molecule is C=C(C)CN1CCC(NC(=NC)NCCOc2ccccc2C(F)(F)F)CC1.I. The second kappa shape index (κ2) is 12.3. The van der Waals surface area contributed by atoms with E-state index in [0.717, 1.165) is 44.1 Å². The van der Waals surface area contributed by atoms with Crippen LogP contribution in [0, 0.1) is 0 Å². The van der Waals surface area contributed by atoms with Gasteiger partial charge in [-0.2, -0.15) is 13.2 Å². The molecule has 0 saturated carbocycles. The molecular formula is C20H30F3IN4O. The maximum absolute atomic E-state index is 13.0. The van der Waals surface area contributed by atoms with E-state index >= 15 is 0 Å². The second-order valence-electron chi connectivity index (χ2n) is 6.99. The highest BCUT2D eigenvalue weighted by Gasteiger charge is 2.33. The molecule has 1 aromatic rings. The second-order valence-corrected chi connectivity index (χ2v) is 6.99. The summed E-state index contributed by atoms with van der Waals surface area (Å²) >= 11 is 0. The summed E-state index contributed by atoms with van der Waals surface area (Å²) in [5.74, 6) is 0.468. The molecule has 1 aliphatic rings. The summed E-state index contributed by atoms with van der Waals surface area (Å²) in [6.07, 6.45) is -2.42. The van der Waals surface area contributed by atoms with Crippen LogP contribution in [-0.2, 0) is 6.18 Å². The summed E-state index contributed by atoms with van der Waals surface area (Å²) in [5.41, 5.74) is 0.398. The molecule has 2 N–H and O–H groups in total. The number of rotatable bonds is 7. The van der Waals surface area contributed by atoms with Gasteiger partial charge in [0.15, 0.2) is 5.96 Å². The molecule has 1 fully saturated rings. The Hall–Kier alpha value is -1.49. The summed E-state index contributed by atoms with van der Waals surface area (Å²) in [6, 6.07) is 5.54. The van der Waals surface area contributed by atoms with Gasteiger partial charge < -0.3 is 15.4 Å². The van der Waals surface area contributed by atoms with E-state index in [1.54, 1.807) is 7.05 Å². The van der Waals surface area contributed by atoms with Crippen molar-refractivity contribution < 1.29 is 17.9 Å². The van der Waals surface area contributed by atoms with Crippen molar-refractivity contribution in [1.82, 2.24) is 15.5 Å². The minimum absolute atomic E-state index is 0. The Morgan fingerprint density at radius 2 is 1.93 bits per heavy atom. The lowest BCUT2D eigenvalue weighted by Gasteiger charge is -2.33. The first kappa shape index (κ1) is 25.5.